The molecule has 2 N–H and O–H groups in total. The maximum Gasteiger partial charge on any atom is 0.191 e. The van der Waals surface area contributed by atoms with Crippen LogP contribution < -0.4 is 10.6 Å². The van der Waals surface area contributed by atoms with E-state index in [1.165, 1.54) is 12.8 Å². The van der Waals surface area contributed by atoms with Crippen molar-refractivity contribution in [3.8, 4) is 0 Å². The highest BCUT2D eigenvalue weighted by Gasteiger charge is 2.21. The van der Waals surface area contributed by atoms with Gasteiger partial charge in [0.05, 0.1) is 0 Å². The van der Waals surface area contributed by atoms with E-state index in [1.54, 1.807) is 0 Å². The zero-order valence-corrected chi connectivity index (χ0v) is 11.1. The standard InChI is InChI=1S/C11H23N3S/c1-11(2,15-4)8-14-10(12-3)13-7-9-5-6-9/h9H,5-8H2,1-4H3,(H2,12,13,14). The summed E-state index contributed by atoms with van der Waals surface area (Å²) >= 11 is 1.87. The third kappa shape index (κ3) is 5.30. The molecule has 1 aliphatic carbocycles. The van der Waals surface area contributed by atoms with Crippen molar-refractivity contribution in [2.45, 2.75) is 31.4 Å². The van der Waals surface area contributed by atoms with Crippen LogP contribution in [0.3, 0.4) is 0 Å². The first-order valence-corrected chi connectivity index (χ1v) is 6.79. The van der Waals surface area contributed by atoms with E-state index in [0.717, 1.165) is 25.0 Å². The molecular weight excluding hydrogens is 206 g/mol. The van der Waals surface area contributed by atoms with E-state index in [1.807, 2.05) is 18.8 Å². The van der Waals surface area contributed by atoms with Gasteiger partial charge in [0.2, 0.25) is 0 Å². The Kier molecular flexibility index (Phi) is 4.77. The second kappa shape index (κ2) is 5.64. The molecule has 0 radical (unpaired) electrons. The van der Waals surface area contributed by atoms with Crippen LogP contribution >= 0.6 is 11.8 Å². The Hall–Kier alpha value is -0.380. The summed E-state index contributed by atoms with van der Waals surface area (Å²) in [6, 6.07) is 0. The fourth-order valence-electron chi connectivity index (χ4n) is 1.15. The number of guanidine groups is 1. The molecule has 1 aliphatic rings. The zero-order valence-electron chi connectivity index (χ0n) is 10.3. The predicted octanol–water partition coefficient (Wildman–Crippen LogP) is 1.70. The molecule has 0 unspecified atom stereocenters. The average molecular weight is 229 g/mol. The third-order valence-electron chi connectivity index (χ3n) is 2.71. The van der Waals surface area contributed by atoms with Crippen molar-refractivity contribution >= 4 is 17.7 Å². The number of nitrogens with one attached hydrogen (secondary N) is 2. The number of thioether (sulfide) groups is 1. The first-order valence-electron chi connectivity index (χ1n) is 5.57. The van der Waals surface area contributed by atoms with Crippen molar-refractivity contribution in [2.24, 2.45) is 10.9 Å². The lowest BCUT2D eigenvalue weighted by Gasteiger charge is -2.23. The van der Waals surface area contributed by atoms with Gasteiger partial charge < -0.3 is 10.6 Å². The molecule has 15 heavy (non-hydrogen) atoms. The minimum Gasteiger partial charge on any atom is -0.356 e. The molecule has 0 aliphatic heterocycles. The first-order chi connectivity index (χ1) is 7.07. The Morgan fingerprint density at radius 3 is 2.53 bits per heavy atom. The SMILES string of the molecule is CN=C(NCC1CC1)NCC(C)(C)SC. The van der Waals surface area contributed by atoms with Gasteiger partial charge in [-0.25, -0.2) is 0 Å². The molecule has 0 aromatic rings. The van der Waals surface area contributed by atoms with Gasteiger partial charge in [-0.1, -0.05) is 0 Å². The van der Waals surface area contributed by atoms with Crippen LogP contribution in [0.25, 0.3) is 0 Å². The van der Waals surface area contributed by atoms with Gasteiger partial charge in [-0.3, -0.25) is 4.99 Å². The molecule has 0 aromatic heterocycles. The summed E-state index contributed by atoms with van der Waals surface area (Å²) < 4.78 is 0.261. The lowest BCUT2D eigenvalue weighted by molar-refractivity contribution is 0.657. The molecule has 0 saturated heterocycles. The van der Waals surface area contributed by atoms with Crippen molar-refractivity contribution in [1.29, 1.82) is 0 Å². The summed E-state index contributed by atoms with van der Waals surface area (Å²) in [4.78, 5) is 4.21. The molecule has 0 aromatic carbocycles. The van der Waals surface area contributed by atoms with Gasteiger partial charge in [-0.15, -0.1) is 0 Å². The Labute approximate surface area is 97.5 Å². The van der Waals surface area contributed by atoms with Crippen molar-refractivity contribution in [1.82, 2.24) is 10.6 Å². The second-order valence-corrected chi connectivity index (χ2v) is 6.23. The highest BCUT2D eigenvalue weighted by atomic mass is 32.2. The molecule has 1 rings (SSSR count). The quantitative estimate of drug-likeness (QED) is 0.556. The van der Waals surface area contributed by atoms with Crippen LogP contribution in [0.2, 0.25) is 0 Å². The third-order valence-corrected chi connectivity index (χ3v) is 3.96. The number of nitrogens with zero attached hydrogens (tertiary/aromatic N) is 1. The molecule has 0 heterocycles. The van der Waals surface area contributed by atoms with Crippen LogP contribution in [-0.4, -0.2) is 37.1 Å². The lowest BCUT2D eigenvalue weighted by atomic mass is 10.2. The summed E-state index contributed by atoms with van der Waals surface area (Å²) in [5, 5.41) is 6.72. The Morgan fingerprint density at radius 1 is 1.40 bits per heavy atom. The molecular formula is C11H23N3S. The van der Waals surface area contributed by atoms with Crippen molar-refractivity contribution in [3.05, 3.63) is 0 Å². The van der Waals surface area contributed by atoms with Gasteiger partial charge in [0.15, 0.2) is 5.96 Å². The maximum absolute atomic E-state index is 4.21. The monoisotopic (exact) mass is 229 g/mol. The van der Waals surface area contributed by atoms with E-state index in [2.05, 4.69) is 35.7 Å². The number of rotatable bonds is 5. The highest BCUT2D eigenvalue weighted by molar-refractivity contribution is 7.99. The van der Waals surface area contributed by atoms with Crippen LogP contribution in [0.4, 0.5) is 0 Å². The fraction of sp³-hybridized carbons (Fsp3) is 0.909. The number of hydrogen-bond donors (Lipinski definition) is 2. The summed E-state index contributed by atoms with van der Waals surface area (Å²) in [5.41, 5.74) is 0. The normalized spacial score (nSPS) is 17.7. The van der Waals surface area contributed by atoms with Gasteiger partial charge in [0.1, 0.15) is 0 Å². The van der Waals surface area contributed by atoms with Gasteiger partial charge >= 0.3 is 0 Å². The lowest BCUT2D eigenvalue weighted by Crippen LogP contribution is -2.43. The zero-order chi connectivity index (χ0) is 11.3. The van der Waals surface area contributed by atoms with E-state index >= 15 is 0 Å². The minimum atomic E-state index is 0.261. The first kappa shape index (κ1) is 12.7. The molecule has 1 saturated carbocycles. The Bertz CT molecular complexity index is 222. The Morgan fingerprint density at radius 2 is 2.07 bits per heavy atom. The van der Waals surface area contributed by atoms with E-state index in [0.29, 0.717) is 0 Å². The van der Waals surface area contributed by atoms with Crippen LogP contribution in [-0.2, 0) is 0 Å². The summed E-state index contributed by atoms with van der Waals surface area (Å²) in [6.07, 6.45) is 4.89. The maximum atomic E-state index is 4.21. The van der Waals surface area contributed by atoms with Gasteiger partial charge in [0, 0.05) is 24.9 Å². The van der Waals surface area contributed by atoms with Crippen LogP contribution in [0.5, 0.6) is 0 Å². The summed E-state index contributed by atoms with van der Waals surface area (Å²) in [5.74, 6) is 1.82. The molecule has 88 valence electrons. The molecule has 4 heteroatoms. The van der Waals surface area contributed by atoms with Crippen molar-refractivity contribution in [3.63, 3.8) is 0 Å². The average Bonchev–Trinajstić information content (AvgIpc) is 3.02. The predicted molar refractivity (Wildman–Crippen MR) is 69.7 cm³/mol. The van der Waals surface area contributed by atoms with Crippen LogP contribution in [0.15, 0.2) is 4.99 Å². The van der Waals surface area contributed by atoms with Gasteiger partial charge in [0.25, 0.3) is 0 Å². The molecule has 1 fully saturated rings. The smallest absolute Gasteiger partial charge is 0.191 e. The number of aliphatic imine (C=N–C) groups is 1. The molecule has 0 spiro atoms. The molecule has 0 atom stereocenters. The van der Waals surface area contributed by atoms with E-state index in [-0.39, 0.29) is 4.75 Å². The highest BCUT2D eigenvalue weighted by Crippen LogP contribution is 2.27. The Balaban J connectivity index is 2.20. The summed E-state index contributed by atoms with van der Waals surface area (Å²) in [7, 11) is 1.83. The van der Waals surface area contributed by atoms with Gasteiger partial charge in [-0.05, 0) is 38.9 Å². The van der Waals surface area contributed by atoms with Crippen LogP contribution in [0.1, 0.15) is 26.7 Å². The molecule has 0 bridgehead atoms. The number of hydrogen-bond acceptors (Lipinski definition) is 2. The second-order valence-electron chi connectivity index (χ2n) is 4.71. The molecule has 0 amide bonds. The van der Waals surface area contributed by atoms with Crippen LogP contribution in [0, 0.1) is 5.92 Å². The fourth-order valence-corrected chi connectivity index (χ4v) is 1.37. The van der Waals surface area contributed by atoms with Crippen molar-refractivity contribution < 1.29 is 0 Å². The van der Waals surface area contributed by atoms with E-state index in [9.17, 15) is 0 Å². The minimum absolute atomic E-state index is 0.261. The largest absolute Gasteiger partial charge is 0.356 e. The van der Waals surface area contributed by atoms with E-state index < -0.39 is 0 Å². The van der Waals surface area contributed by atoms with E-state index in [4.69, 9.17) is 0 Å². The summed E-state index contributed by atoms with van der Waals surface area (Å²) in [6.45, 7) is 6.48. The molecule has 3 nitrogen and oxygen atoms in total. The van der Waals surface area contributed by atoms with Gasteiger partial charge in [-0.2, -0.15) is 11.8 Å². The van der Waals surface area contributed by atoms with Crippen molar-refractivity contribution in [2.75, 3.05) is 26.4 Å². The topological polar surface area (TPSA) is 36.4 Å².